The van der Waals surface area contributed by atoms with Crippen LogP contribution in [0.3, 0.4) is 0 Å². The van der Waals surface area contributed by atoms with Crippen molar-refractivity contribution in [1.29, 1.82) is 0 Å². The predicted octanol–water partition coefficient (Wildman–Crippen LogP) is 0.887. The second-order valence-electron chi connectivity index (χ2n) is 4.64. The van der Waals surface area contributed by atoms with Crippen LogP contribution < -0.4 is 10.1 Å². The van der Waals surface area contributed by atoms with Gasteiger partial charge in [-0.25, -0.2) is 0 Å². The number of rotatable bonds is 4. The van der Waals surface area contributed by atoms with Crippen molar-refractivity contribution in [3.8, 4) is 5.75 Å². The Morgan fingerprint density at radius 1 is 1.55 bits per heavy atom. The molecule has 0 aromatic carbocycles. The number of aryl methyl sites for hydroxylation is 1. The van der Waals surface area contributed by atoms with Gasteiger partial charge in [-0.2, -0.15) is 5.10 Å². The highest BCUT2D eigenvalue weighted by Crippen LogP contribution is 2.16. The summed E-state index contributed by atoms with van der Waals surface area (Å²) in [5, 5.41) is 9.35. The van der Waals surface area contributed by atoms with E-state index in [0.717, 1.165) is 5.56 Å². The van der Waals surface area contributed by atoms with Crippen LogP contribution in [0.25, 0.3) is 0 Å². The van der Waals surface area contributed by atoms with Gasteiger partial charge in [0.15, 0.2) is 11.5 Å². The number of aromatic amines is 1. The number of hydrogen-bond donors (Lipinski definition) is 2. The van der Waals surface area contributed by atoms with E-state index in [-0.39, 0.29) is 18.1 Å². The second-order valence-corrected chi connectivity index (χ2v) is 4.64. The second kappa shape index (κ2) is 5.38. The molecule has 1 aliphatic rings. The molecule has 0 aliphatic carbocycles. The van der Waals surface area contributed by atoms with Gasteiger partial charge in [0.05, 0.1) is 37.9 Å². The molecular weight excluding hydrogens is 262 g/mol. The van der Waals surface area contributed by atoms with Gasteiger partial charge in [0.1, 0.15) is 6.10 Å². The summed E-state index contributed by atoms with van der Waals surface area (Å²) in [5.41, 5.74) is 0.800. The molecule has 3 heterocycles. The number of carbonyl (C=O) groups excluding carboxylic acids is 1. The van der Waals surface area contributed by atoms with Gasteiger partial charge in [-0.05, 0) is 13.0 Å². The van der Waals surface area contributed by atoms with Gasteiger partial charge in [-0.1, -0.05) is 0 Å². The lowest BCUT2D eigenvalue weighted by Gasteiger charge is -2.19. The number of H-pyrrole nitrogens is 1. The van der Waals surface area contributed by atoms with Crippen molar-refractivity contribution in [2.75, 3.05) is 13.2 Å². The number of nitrogens with zero attached hydrogens (tertiary/aromatic N) is 1. The van der Waals surface area contributed by atoms with Gasteiger partial charge >= 0.3 is 0 Å². The normalized spacial score (nSPS) is 21.9. The van der Waals surface area contributed by atoms with E-state index < -0.39 is 0 Å². The number of hydrogen-bond acceptors (Lipinski definition) is 5. The molecule has 0 bridgehead atoms. The highest BCUT2D eigenvalue weighted by molar-refractivity contribution is 5.93. The van der Waals surface area contributed by atoms with Gasteiger partial charge < -0.3 is 19.2 Å². The zero-order valence-electron chi connectivity index (χ0n) is 11.0. The van der Waals surface area contributed by atoms with Crippen LogP contribution in [-0.4, -0.2) is 41.5 Å². The summed E-state index contributed by atoms with van der Waals surface area (Å²) in [6, 6.07) is 1.53. The van der Waals surface area contributed by atoms with Crippen molar-refractivity contribution in [2.45, 2.75) is 19.1 Å². The zero-order valence-corrected chi connectivity index (χ0v) is 11.0. The molecule has 0 radical (unpaired) electrons. The Morgan fingerprint density at radius 2 is 2.45 bits per heavy atom. The van der Waals surface area contributed by atoms with Crippen LogP contribution in [0.5, 0.6) is 5.75 Å². The van der Waals surface area contributed by atoms with Crippen molar-refractivity contribution < 1.29 is 18.7 Å². The Kier molecular flexibility index (Phi) is 3.42. The molecule has 1 fully saturated rings. The summed E-state index contributed by atoms with van der Waals surface area (Å²) in [5.74, 6) is 0.677. The van der Waals surface area contributed by atoms with E-state index in [2.05, 4.69) is 15.5 Å². The maximum atomic E-state index is 12.1. The molecule has 2 aromatic heterocycles. The quantitative estimate of drug-likeness (QED) is 0.866. The predicted molar refractivity (Wildman–Crippen MR) is 68.5 cm³/mol. The molecule has 106 valence electrons. The van der Waals surface area contributed by atoms with E-state index in [1.54, 1.807) is 18.5 Å². The summed E-state index contributed by atoms with van der Waals surface area (Å²) in [7, 11) is 0. The number of furan rings is 1. The van der Waals surface area contributed by atoms with Crippen LogP contribution in [0.1, 0.15) is 16.1 Å². The molecule has 0 spiro atoms. The van der Waals surface area contributed by atoms with Crippen LogP contribution in [-0.2, 0) is 4.74 Å². The topological polar surface area (TPSA) is 89.4 Å². The lowest BCUT2D eigenvalue weighted by atomic mass is 10.2. The maximum absolute atomic E-state index is 12.1. The Morgan fingerprint density at radius 3 is 3.15 bits per heavy atom. The summed E-state index contributed by atoms with van der Waals surface area (Å²) < 4.78 is 16.2. The van der Waals surface area contributed by atoms with E-state index in [9.17, 15) is 4.79 Å². The SMILES string of the molecule is Cc1ccoc1C(=O)N[C@H]1COC[C@H]1Oc1cn[nH]c1. The average molecular weight is 277 g/mol. The summed E-state index contributed by atoms with van der Waals surface area (Å²) in [6.45, 7) is 2.66. The molecule has 7 nitrogen and oxygen atoms in total. The molecule has 2 atom stereocenters. The lowest BCUT2D eigenvalue weighted by Crippen LogP contribution is -2.45. The lowest BCUT2D eigenvalue weighted by molar-refractivity contribution is 0.0875. The fraction of sp³-hybridized carbons (Fsp3) is 0.385. The Labute approximate surface area is 115 Å². The Balaban J connectivity index is 1.64. The van der Waals surface area contributed by atoms with Crippen LogP contribution in [0, 0.1) is 6.92 Å². The van der Waals surface area contributed by atoms with Gasteiger partial charge in [0.2, 0.25) is 0 Å². The van der Waals surface area contributed by atoms with E-state index >= 15 is 0 Å². The number of amides is 1. The first-order chi connectivity index (χ1) is 9.74. The first kappa shape index (κ1) is 12.7. The van der Waals surface area contributed by atoms with E-state index in [1.165, 1.54) is 6.26 Å². The number of aromatic nitrogens is 2. The average Bonchev–Trinajstić information content (AvgIpc) is 3.13. The van der Waals surface area contributed by atoms with Gasteiger partial charge in [-0.3, -0.25) is 9.89 Å². The fourth-order valence-electron chi connectivity index (χ4n) is 2.10. The van der Waals surface area contributed by atoms with Crippen LogP contribution >= 0.6 is 0 Å². The highest BCUT2D eigenvalue weighted by Gasteiger charge is 2.32. The van der Waals surface area contributed by atoms with Gasteiger partial charge in [-0.15, -0.1) is 0 Å². The van der Waals surface area contributed by atoms with E-state index in [1.807, 2.05) is 6.92 Å². The first-order valence-corrected chi connectivity index (χ1v) is 6.32. The van der Waals surface area contributed by atoms with Gasteiger partial charge in [0.25, 0.3) is 5.91 Å². The molecule has 3 rings (SSSR count). The van der Waals surface area contributed by atoms with Crippen LogP contribution in [0.4, 0.5) is 0 Å². The summed E-state index contributed by atoms with van der Waals surface area (Å²) in [6.07, 6.45) is 4.48. The molecule has 1 amide bonds. The Bertz CT molecular complexity index is 578. The maximum Gasteiger partial charge on any atom is 0.287 e. The van der Waals surface area contributed by atoms with Gasteiger partial charge in [0, 0.05) is 5.56 Å². The number of carbonyl (C=O) groups is 1. The van der Waals surface area contributed by atoms with Crippen molar-refractivity contribution in [1.82, 2.24) is 15.5 Å². The van der Waals surface area contributed by atoms with E-state index in [4.69, 9.17) is 13.9 Å². The molecule has 1 aliphatic heterocycles. The number of nitrogens with one attached hydrogen (secondary N) is 2. The summed E-state index contributed by atoms with van der Waals surface area (Å²) >= 11 is 0. The van der Waals surface area contributed by atoms with Crippen LogP contribution in [0.2, 0.25) is 0 Å². The van der Waals surface area contributed by atoms with Crippen molar-refractivity contribution in [3.63, 3.8) is 0 Å². The molecule has 2 aromatic rings. The smallest absolute Gasteiger partial charge is 0.287 e. The van der Waals surface area contributed by atoms with Crippen molar-refractivity contribution in [3.05, 3.63) is 36.0 Å². The Hall–Kier alpha value is -2.28. The highest BCUT2D eigenvalue weighted by atomic mass is 16.5. The summed E-state index contributed by atoms with van der Waals surface area (Å²) in [4.78, 5) is 12.1. The standard InChI is InChI=1S/C13H15N3O4/c1-8-2-3-19-12(8)13(17)16-10-6-18-7-11(10)20-9-4-14-15-5-9/h2-5,10-11H,6-7H2,1H3,(H,14,15)(H,16,17)/t10-,11+/m0/s1. The molecule has 2 N–H and O–H groups in total. The van der Waals surface area contributed by atoms with E-state index in [0.29, 0.717) is 24.7 Å². The van der Waals surface area contributed by atoms with Crippen molar-refractivity contribution in [2.24, 2.45) is 0 Å². The van der Waals surface area contributed by atoms with Crippen molar-refractivity contribution >= 4 is 5.91 Å². The number of ether oxygens (including phenoxy) is 2. The minimum Gasteiger partial charge on any atom is -0.482 e. The van der Waals surface area contributed by atoms with Crippen LogP contribution in [0.15, 0.2) is 29.1 Å². The monoisotopic (exact) mass is 277 g/mol. The minimum atomic E-state index is -0.260. The largest absolute Gasteiger partial charge is 0.482 e. The molecule has 7 heteroatoms. The molecule has 0 unspecified atom stereocenters. The third-order valence-electron chi connectivity index (χ3n) is 3.17. The zero-order chi connectivity index (χ0) is 13.9. The molecule has 0 saturated carbocycles. The third-order valence-corrected chi connectivity index (χ3v) is 3.17. The first-order valence-electron chi connectivity index (χ1n) is 6.32. The molecule has 1 saturated heterocycles. The fourth-order valence-corrected chi connectivity index (χ4v) is 2.10. The molecular formula is C13H15N3O4. The minimum absolute atomic E-state index is 0.220. The third kappa shape index (κ3) is 2.53. The molecule has 20 heavy (non-hydrogen) atoms.